The maximum atomic E-state index is 12.7. The molecule has 4 aromatic rings. The van der Waals surface area contributed by atoms with Crippen molar-refractivity contribution in [2.75, 3.05) is 5.32 Å². The molecule has 0 aliphatic carbocycles. The number of rotatable bonds is 4. The number of tetrazole rings is 1. The van der Waals surface area contributed by atoms with Crippen molar-refractivity contribution >= 4 is 22.9 Å². The summed E-state index contributed by atoms with van der Waals surface area (Å²) in [4.78, 5) is 13.4. The van der Waals surface area contributed by atoms with E-state index in [-0.39, 0.29) is 5.91 Å². The smallest absolute Gasteiger partial charge is 0.266 e. The van der Waals surface area contributed by atoms with Crippen molar-refractivity contribution in [2.24, 2.45) is 0 Å². The SMILES string of the molecule is O=C(Nc1cccc(-n2cnnn2)c1)c1sccc1-c1ccccc1. The van der Waals surface area contributed by atoms with Crippen molar-refractivity contribution in [3.05, 3.63) is 77.2 Å². The first-order chi connectivity index (χ1) is 12.3. The summed E-state index contributed by atoms with van der Waals surface area (Å²) in [6.07, 6.45) is 1.51. The van der Waals surface area contributed by atoms with Gasteiger partial charge in [-0.15, -0.1) is 16.4 Å². The molecule has 2 aromatic carbocycles. The molecule has 0 aliphatic heterocycles. The molecule has 0 spiro atoms. The van der Waals surface area contributed by atoms with Crippen LogP contribution in [0, 0.1) is 0 Å². The highest BCUT2D eigenvalue weighted by Crippen LogP contribution is 2.29. The Kier molecular flexibility index (Phi) is 4.05. The van der Waals surface area contributed by atoms with E-state index in [9.17, 15) is 4.79 Å². The van der Waals surface area contributed by atoms with Gasteiger partial charge in [0, 0.05) is 11.3 Å². The van der Waals surface area contributed by atoms with Gasteiger partial charge in [-0.05, 0) is 45.6 Å². The van der Waals surface area contributed by atoms with Gasteiger partial charge in [-0.1, -0.05) is 36.4 Å². The van der Waals surface area contributed by atoms with E-state index in [2.05, 4.69) is 20.8 Å². The summed E-state index contributed by atoms with van der Waals surface area (Å²) >= 11 is 1.42. The highest BCUT2D eigenvalue weighted by atomic mass is 32.1. The molecule has 0 saturated heterocycles. The van der Waals surface area contributed by atoms with Crippen molar-refractivity contribution in [1.29, 1.82) is 0 Å². The van der Waals surface area contributed by atoms with Gasteiger partial charge in [-0.3, -0.25) is 4.79 Å². The molecule has 0 unspecified atom stereocenters. The van der Waals surface area contributed by atoms with Gasteiger partial charge >= 0.3 is 0 Å². The summed E-state index contributed by atoms with van der Waals surface area (Å²) in [5.74, 6) is -0.136. The second-order valence-corrected chi connectivity index (χ2v) is 6.20. The summed E-state index contributed by atoms with van der Waals surface area (Å²) < 4.78 is 1.54. The highest BCUT2D eigenvalue weighted by molar-refractivity contribution is 7.12. The first kappa shape index (κ1) is 15.2. The van der Waals surface area contributed by atoms with Crippen LogP contribution in [0.5, 0.6) is 0 Å². The molecular formula is C18H13N5OS. The molecule has 0 fully saturated rings. The number of benzene rings is 2. The van der Waals surface area contributed by atoms with Crippen LogP contribution in [0.4, 0.5) is 5.69 Å². The molecule has 122 valence electrons. The Balaban J connectivity index is 1.60. The van der Waals surface area contributed by atoms with Gasteiger partial charge in [0.05, 0.1) is 10.6 Å². The number of amides is 1. The average molecular weight is 347 g/mol. The molecule has 0 aliphatic rings. The molecule has 4 rings (SSSR count). The number of carbonyl (C=O) groups is 1. The molecule has 0 bridgehead atoms. The van der Waals surface area contributed by atoms with Crippen LogP contribution in [0.3, 0.4) is 0 Å². The normalized spacial score (nSPS) is 10.6. The Bertz CT molecular complexity index is 995. The second-order valence-electron chi connectivity index (χ2n) is 5.29. The van der Waals surface area contributed by atoms with Crippen LogP contribution in [0.25, 0.3) is 16.8 Å². The topological polar surface area (TPSA) is 72.7 Å². The van der Waals surface area contributed by atoms with Crippen molar-refractivity contribution < 1.29 is 4.79 Å². The lowest BCUT2D eigenvalue weighted by atomic mass is 10.1. The van der Waals surface area contributed by atoms with Crippen LogP contribution in [-0.4, -0.2) is 26.1 Å². The van der Waals surface area contributed by atoms with Crippen LogP contribution in [0.15, 0.2) is 72.4 Å². The largest absolute Gasteiger partial charge is 0.321 e. The van der Waals surface area contributed by atoms with Crippen LogP contribution >= 0.6 is 11.3 Å². The van der Waals surface area contributed by atoms with E-state index in [1.807, 2.05) is 66.0 Å². The van der Waals surface area contributed by atoms with Gasteiger partial charge in [0.25, 0.3) is 5.91 Å². The number of hydrogen-bond donors (Lipinski definition) is 1. The summed E-state index contributed by atoms with van der Waals surface area (Å²) in [7, 11) is 0. The second kappa shape index (κ2) is 6.66. The summed E-state index contributed by atoms with van der Waals surface area (Å²) in [6.45, 7) is 0. The van der Waals surface area contributed by atoms with E-state index >= 15 is 0 Å². The number of aromatic nitrogens is 4. The van der Waals surface area contributed by atoms with Crippen molar-refractivity contribution in [1.82, 2.24) is 20.2 Å². The van der Waals surface area contributed by atoms with Gasteiger partial charge in [0.2, 0.25) is 0 Å². The Morgan fingerprint density at radius 2 is 1.92 bits per heavy atom. The maximum absolute atomic E-state index is 12.7. The third kappa shape index (κ3) is 3.17. The predicted molar refractivity (Wildman–Crippen MR) is 96.9 cm³/mol. The molecule has 1 amide bonds. The zero-order valence-corrected chi connectivity index (χ0v) is 13.9. The lowest BCUT2D eigenvalue weighted by Gasteiger charge is -2.08. The molecule has 7 heteroatoms. The quantitative estimate of drug-likeness (QED) is 0.612. The summed E-state index contributed by atoms with van der Waals surface area (Å²) in [6, 6.07) is 19.2. The fourth-order valence-electron chi connectivity index (χ4n) is 2.52. The van der Waals surface area contributed by atoms with Crippen LogP contribution < -0.4 is 5.32 Å². The Labute approximate surface area is 147 Å². The van der Waals surface area contributed by atoms with E-state index in [0.29, 0.717) is 10.6 Å². The van der Waals surface area contributed by atoms with Crippen LogP contribution in [0.2, 0.25) is 0 Å². The van der Waals surface area contributed by atoms with E-state index < -0.39 is 0 Å². The Morgan fingerprint density at radius 1 is 1.04 bits per heavy atom. The van der Waals surface area contributed by atoms with Gasteiger partial charge in [0.1, 0.15) is 6.33 Å². The number of thiophene rings is 1. The predicted octanol–water partition coefficient (Wildman–Crippen LogP) is 3.64. The number of carbonyl (C=O) groups excluding carboxylic acids is 1. The molecule has 2 heterocycles. The number of nitrogens with one attached hydrogen (secondary N) is 1. The summed E-state index contributed by atoms with van der Waals surface area (Å²) in [5, 5.41) is 16.0. The van der Waals surface area contributed by atoms with Crippen molar-refractivity contribution in [2.45, 2.75) is 0 Å². The van der Waals surface area contributed by atoms with Gasteiger partial charge in [-0.2, -0.15) is 0 Å². The number of anilines is 1. The third-order valence-corrected chi connectivity index (χ3v) is 4.59. The van der Waals surface area contributed by atoms with E-state index in [1.54, 1.807) is 0 Å². The van der Waals surface area contributed by atoms with E-state index in [0.717, 1.165) is 16.8 Å². The first-order valence-electron chi connectivity index (χ1n) is 7.59. The number of nitrogens with zero attached hydrogens (tertiary/aromatic N) is 4. The van der Waals surface area contributed by atoms with Gasteiger partial charge in [-0.25, -0.2) is 4.68 Å². The standard InChI is InChI=1S/C18H13N5OS/c24-18(17-16(9-10-25-17)13-5-2-1-3-6-13)20-14-7-4-8-15(11-14)23-12-19-21-22-23/h1-12H,(H,20,24). The third-order valence-electron chi connectivity index (χ3n) is 3.67. The highest BCUT2D eigenvalue weighted by Gasteiger charge is 2.15. The minimum absolute atomic E-state index is 0.136. The van der Waals surface area contributed by atoms with Crippen LogP contribution in [-0.2, 0) is 0 Å². The first-order valence-corrected chi connectivity index (χ1v) is 8.47. The van der Waals surface area contributed by atoms with Crippen molar-refractivity contribution in [3.63, 3.8) is 0 Å². The minimum Gasteiger partial charge on any atom is -0.321 e. The number of hydrogen-bond acceptors (Lipinski definition) is 5. The monoisotopic (exact) mass is 347 g/mol. The lowest BCUT2D eigenvalue weighted by Crippen LogP contribution is -2.11. The lowest BCUT2D eigenvalue weighted by molar-refractivity contribution is 0.103. The van der Waals surface area contributed by atoms with E-state index in [4.69, 9.17) is 0 Å². The Morgan fingerprint density at radius 3 is 2.72 bits per heavy atom. The zero-order valence-electron chi connectivity index (χ0n) is 13.0. The van der Waals surface area contributed by atoms with Crippen molar-refractivity contribution in [3.8, 4) is 16.8 Å². The van der Waals surface area contributed by atoms with Gasteiger partial charge < -0.3 is 5.32 Å². The molecule has 2 aromatic heterocycles. The fourth-order valence-corrected chi connectivity index (χ4v) is 3.33. The molecule has 6 nitrogen and oxygen atoms in total. The van der Waals surface area contributed by atoms with Gasteiger partial charge in [0.15, 0.2) is 0 Å². The molecule has 0 saturated carbocycles. The van der Waals surface area contributed by atoms with E-state index in [1.165, 1.54) is 22.3 Å². The molecule has 0 atom stereocenters. The summed E-state index contributed by atoms with van der Waals surface area (Å²) in [5.41, 5.74) is 3.42. The molecule has 1 N–H and O–H groups in total. The average Bonchev–Trinajstić information content (AvgIpc) is 3.34. The molecule has 0 radical (unpaired) electrons. The van der Waals surface area contributed by atoms with Crippen LogP contribution in [0.1, 0.15) is 9.67 Å². The minimum atomic E-state index is -0.136. The molecule has 25 heavy (non-hydrogen) atoms. The Hall–Kier alpha value is -3.32. The fraction of sp³-hybridized carbons (Fsp3) is 0. The molecular weight excluding hydrogens is 334 g/mol. The zero-order chi connectivity index (χ0) is 17.1. The maximum Gasteiger partial charge on any atom is 0.266 e.